The second kappa shape index (κ2) is 5.29. The van der Waals surface area contributed by atoms with Crippen LogP contribution in [0, 0.1) is 0 Å². The van der Waals surface area contributed by atoms with Crippen molar-refractivity contribution in [2.24, 2.45) is 0 Å². The fraction of sp³-hybridized carbons (Fsp3) is 1.00. The summed E-state index contributed by atoms with van der Waals surface area (Å²) in [7, 11) is 0.176. The first kappa shape index (κ1) is 13.4. The zero-order valence-electron chi connectivity index (χ0n) is 10.5. The quantitative estimate of drug-likeness (QED) is 0.645. The van der Waals surface area contributed by atoms with Crippen molar-refractivity contribution in [1.82, 2.24) is 0 Å². The summed E-state index contributed by atoms with van der Waals surface area (Å²) in [6, 6.07) is 0. The fourth-order valence-electron chi connectivity index (χ4n) is 2.15. The SMILES string of the molecule is CCC(C)[SH](C(C)CC)C(C)(C)C. The van der Waals surface area contributed by atoms with E-state index in [2.05, 4.69) is 48.5 Å². The molecule has 0 spiro atoms. The molecule has 0 amide bonds. The summed E-state index contributed by atoms with van der Waals surface area (Å²) in [6.07, 6.45) is 2.68. The van der Waals surface area contributed by atoms with E-state index in [1.807, 2.05) is 0 Å². The van der Waals surface area contributed by atoms with Crippen molar-refractivity contribution in [3.8, 4) is 0 Å². The lowest BCUT2D eigenvalue weighted by Crippen LogP contribution is -2.28. The van der Waals surface area contributed by atoms with Crippen LogP contribution >= 0.6 is 10.9 Å². The third-order valence-electron chi connectivity index (χ3n) is 2.91. The molecule has 0 radical (unpaired) electrons. The molecule has 0 aromatic rings. The molecular formula is C12H28S. The van der Waals surface area contributed by atoms with E-state index in [-0.39, 0.29) is 10.9 Å². The predicted molar refractivity (Wildman–Crippen MR) is 68.2 cm³/mol. The smallest absolute Gasteiger partial charge is 0.0103 e. The molecule has 2 unspecified atom stereocenters. The molecule has 0 saturated heterocycles. The molecule has 13 heavy (non-hydrogen) atoms. The van der Waals surface area contributed by atoms with Gasteiger partial charge in [0.15, 0.2) is 0 Å². The fourth-order valence-corrected chi connectivity index (χ4v) is 6.45. The van der Waals surface area contributed by atoms with Crippen LogP contribution in [-0.4, -0.2) is 15.2 Å². The van der Waals surface area contributed by atoms with Gasteiger partial charge < -0.3 is 0 Å². The van der Waals surface area contributed by atoms with E-state index in [9.17, 15) is 0 Å². The average Bonchev–Trinajstić information content (AvgIpc) is 2.01. The van der Waals surface area contributed by atoms with Gasteiger partial charge in [0.2, 0.25) is 0 Å². The molecule has 0 aliphatic rings. The third kappa shape index (κ3) is 3.93. The van der Waals surface area contributed by atoms with Gasteiger partial charge in [0.25, 0.3) is 0 Å². The average molecular weight is 204 g/mol. The van der Waals surface area contributed by atoms with Gasteiger partial charge in [-0.1, -0.05) is 48.5 Å². The lowest BCUT2D eigenvalue weighted by atomic mass is 10.2. The van der Waals surface area contributed by atoms with Gasteiger partial charge in [-0.25, -0.2) is 10.9 Å². The van der Waals surface area contributed by atoms with Crippen LogP contribution in [0.2, 0.25) is 0 Å². The molecule has 0 aromatic carbocycles. The molecule has 1 heteroatoms. The maximum atomic E-state index is 2.43. The Hall–Kier alpha value is 0.350. The Labute approximate surface area is 87.8 Å². The molecule has 0 N–H and O–H groups in total. The van der Waals surface area contributed by atoms with Crippen LogP contribution in [0.3, 0.4) is 0 Å². The van der Waals surface area contributed by atoms with Crippen molar-refractivity contribution in [2.45, 2.75) is 76.6 Å². The number of hydrogen-bond acceptors (Lipinski definition) is 0. The summed E-state index contributed by atoms with van der Waals surface area (Å²) < 4.78 is 0.528. The van der Waals surface area contributed by atoms with E-state index in [4.69, 9.17) is 0 Å². The first-order valence-electron chi connectivity index (χ1n) is 5.63. The van der Waals surface area contributed by atoms with Gasteiger partial charge in [-0.15, -0.1) is 0 Å². The number of rotatable bonds is 4. The van der Waals surface area contributed by atoms with Gasteiger partial charge in [0.1, 0.15) is 0 Å². The molecule has 0 aliphatic heterocycles. The van der Waals surface area contributed by atoms with E-state index in [0.29, 0.717) is 4.75 Å². The van der Waals surface area contributed by atoms with Crippen LogP contribution in [-0.2, 0) is 0 Å². The monoisotopic (exact) mass is 204 g/mol. The Bertz CT molecular complexity index is 125. The highest BCUT2D eigenvalue weighted by atomic mass is 32.2. The normalized spacial score (nSPS) is 21.0. The molecule has 0 bridgehead atoms. The number of hydrogen-bond donors (Lipinski definition) is 1. The molecule has 0 saturated carbocycles. The minimum absolute atomic E-state index is 0.176. The van der Waals surface area contributed by atoms with E-state index in [0.717, 1.165) is 10.5 Å². The van der Waals surface area contributed by atoms with Gasteiger partial charge in [-0.2, -0.15) is 0 Å². The highest BCUT2D eigenvalue weighted by molar-refractivity contribution is 8.19. The van der Waals surface area contributed by atoms with E-state index < -0.39 is 0 Å². The van der Waals surface area contributed by atoms with Crippen LogP contribution in [0.5, 0.6) is 0 Å². The molecule has 82 valence electrons. The molecular weight excluding hydrogens is 176 g/mol. The highest BCUT2D eigenvalue weighted by Crippen LogP contribution is 2.50. The number of thiol groups is 1. The minimum Gasteiger partial charge on any atom is -0.244 e. The lowest BCUT2D eigenvalue weighted by molar-refractivity contribution is 0.741. The van der Waals surface area contributed by atoms with Crippen molar-refractivity contribution in [2.75, 3.05) is 0 Å². The van der Waals surface area contributed by atoms with Crippen LogP contribution in [0.15, 0.2) is 0 Å². The Morgan fingerprint density at radius 3 is 1.38 bits per heavy atom. The second-order valence-corrected chi connectivity index (χ2v) is 9.01. The lowest BCUT2D eigenvalue weighted by Gasteiger charge is -2.44. The molecule has 0 nitrogen and oxygen atoms in total. The summed E-state index contributed by atoms with van der Waals surface area (Å²) >= 11 is 0. The van der Waals surface area contributed by atoms with Gasteiger partial charge in [0, 0.05) is 0 Å². The minimum atomic E-state index is 0.176. The standard InChI is InChI=1S/C12H28S/c1-8-10(3)13(11(4)9-2)12(5,6)7/h10-11,13H,8-9H2,1-7H3. The van der Waals surface area contributed by atoms with Crippen molar-refractivity contribution in [1.29, 1.82) is 0 Å². The van der Waals surface area contributed by atoms with E-state index in [1.54, 1.807) is 0 Å². The van der Waals surface area contributed by atoms with Crippen LogP contribution in [0.25, 0.3) is 0 Å². The predicted octanol–water partition coefficient (Wildman–Crippen LogP) is 4.38. The van der Waals surface area contributed by atoms with Crippen molar-refractivity contribution < 1.29 is 0 Å². The summed E-state index contributed by atoms with van der Waals surface area (Å²) in [4.78, 5) is 0. The Balaban J connectivity index is 4.55. The van der Waals surface area contributed by atoms with Crippen LogP contribution in [0.4, 0.5) is 0 Å². The van der Waals surface area contributed by atoms with Crippen LogP contribution in [0.1, 0.15) is 61.3 Å². The Kier molecular flexibility index (Phi) is 5.43. The molecule has 0 fully saturated rings. The first-order chi connectivity index (χ1) is 5.84. The van der Waals surface area contributed by atoms with Gasteiger partial charge in [-0.3, -0.25) is 0 Å². The summed E-state index contributed by atoms with van der Waals surface area (Å²) in [5.41, 5.74) is 0. The van der Waals surface area contributed by atoms with Gasteiger partial charge in [0.05, 0.1) is 0 Å². The maximum Gasteiger partial charge on any atom is -0.0103 e. The van der Waals surface area contributed by atoms with E-state index in [1.165, 1.54) is 12.8 Å². The molecule has 0 aliphatic carbocycles. The Morgan fingerprint density at radius 1 is 0.923 bits per heavy atom. The zero-order valence-corrected chi connectivity index (χ0v) is 11.4. The summed E-state index contributed by atoms with van der Waals surface area (Å²) in [6.45, 7) is 16.8. The maximum absolute atomic E-state index is 2.43. The van der Waals surface area contributed by atoms with Gasteiger partial charge >= 0.3 is 0 Å². The van der Waals surface area contributed by atoms with Crippen molar-refractivity contribution in [3.63, 3.8) is 0 Å². The van der Waals surface area contributed by atoms with Crippen molar-refractivity contribution >= 4 is 10.9 Å². The highest BCUT2D eigenvalue weighted by Gasteiger charge is 2.28. The van der Waals surface area contributed by atoms with E-state index >= 15 is 0 Å². The second-order valence-electron chi connectivity index (χ2n) is 5.09. The first-order valence-corrected chi connectivity index (χ1v) is 7.11. The van der Waals surface area contributed by atoms with Gasteiger partial charge in [-0.05, 0) is 28.1 Å². The summed E-state index contributed by atoms with van der Waals surface area (Å²) in [5.74, 6) is 0. The molecule has 0 rings (SSSR count). The van der Waals surface area contributed by atoms with Crippen molar-refractivity contribution in [3.05, 3.63) is 0 Å². The molecule has 0 heterocycles. The molecule has 0 aromatic heterocycles. The zero-order chi connectivity index (χ0) is 10.6. The topological polar surface area (TPSA) is 0 Å². The molecule has 2 atom stereocenters. The third-order valence-corrected chi connectivity index (χ3v) is 7.08. The van der Waals surface area contributed by atoms with Crippen LogP contribution < -0.4 is 0 Å². The largest absolute Gasteiger partial charge is 0.244 e. The summed E-state index contributed by atoms with van der Waals surface area (Å²) in [5, 5.41) is 1.84. The Morgan fingerprint density at radius 2 is 1.23 bits per heavy atom.